The molecule has 0 saturated carbocycles. The van der Waals surface area contributed by atoms with Gasteiger partial charge in [-0.3, -0.25) is 4.79 Å². The molecule has 0 unspecified atom stereocenters. The summed E-state index contributed by atoms with van der Waals surface area (Å²) >= 11 is 0. The highest BCUT2D eigenvalue weighted by molar-refractivity contribution is 5.87. The van der Waals surface area contributed by atoms with Crippen LogP contribution in [0.2, 0.25) is 0 Å². The van der Waals surface area contributed by atoms with Crippen molar-refractivity contribution in [3.63, 3.8) is 0 Å². The predicted octanol–water partition coefficient (Wildman–Crippen LogP) is 2.53. The average Bonchev–Trinajstić information content (AvgIpc) is 2.25. The summed E-state index contributed by atoms with van der Waals surface area (Å²) in [5, 5.41) is 8.41. The van der Waals surface area contributed by atoms with Crippen LogP contribution in [0.15, 0.2) is 12.2 Å². The van der Waals surface area contributed by atoms with Gasteiger partial charge in [0.15, 0.2) is 0 Å². The van der Waals surface area contributed by atoms with Gasteiger partial charge in [-0.15, -0.1) is 0 Å². The lowest BCUT2D eigenvalue weighted by Crippen LogP contribution is -2.03. The van der Waals surface area contributed by atoms with Crippen LogP contribution < -0.4 is 0 Å². The van der Waals surface area contributed by atoms with Gasteiger partial charge in [0.2, 0.25) is 0 Å². The fraction of sp³-hybridized carbons (Fsp3) is 0.667. The number of ether oxygens (including phenoxy) is 1. The van der Waals surface area contributed by atoms with Crippen LogP contribution in [0.4, 0.5) is 0 Å². The lowest BCUT2D eigenvalue weighted by atomic mass is 10.1. The van der Waals surface area contributed by atoms with Crippen LogP contribution in [0.1, 0.15) is 44.9 Å². The number of methoxy groups -OCH3 is 1. The second-order valence-corrected chi connectivity index (χ2v) is 3.76. The molecule has 0 aliphatic carbocycles. The molecule has 0 atom stereocenters. The molecule has 0 aromatic heterocycles. The minimum Gasteiger partial charge on any atom is -0.481 e. The Morgan fingerprint density at radius 3 is 2.06 bits per heavy atom. The van der Waals surface area contributed by atoms with Gasteiger partial charge in [0, 0.05) is 12.0 Å². The summed E-state index contributed by atoms with van der Waals surface area (Å²) < 4.78 is 4.53. The van der Waals surface area contributed by atoms with Gasteiger partial charge < -0.3 is 9.84 Å². The number of hydrogen-bond donors (Lipinski definition) is 1. The van der Waals surface area contributed by atoms with Gasteiger partial charge in [-0.2, -0.15) is 0 Å². The van der Waals surface area contributed by atoms with Crippen molar-refractivity contribution >= 4 is 11.9 Å². The van der Waals surface area contributed by atoms with E-state index in [4.69, 9.17) is 5.11 Å². The van der Waals surface area contributed by atoms with E-state index in [-0.39, 0.29) is 12.4 Å². The molecule has 0 aliphatic heterocycles. The van der Waals surface area contributed by atoms with Crippen molar-refractivity contribution in [2.24, 2.45) is 0 Å². The molecule has 0 spiro atoms. The van der Waals surface area contributed by atoms with Crippen LogP contribution in [0, 0.1) is 0 Å². The van der Waals surface area contributed by atoms with Crippen LogP contribution in [0.25, 0.3) is 0 Å². The van der Waals surface area contributed by atoms with Crippen LogP contribution in [-0.4, -0.2) is 24.2 Å². The highest BCUT2D eigenvalue weighted by Crippen LogP contribution is 2.11. The first-order valence-corrected chi connectivity index (χ1v) is 5.55. The van der Waals surface area contributed by atoms with E-state index in [0.29, 0.717) is 12.0 Å². The van der Waals surface area contributed by atoms with E-state index in [9.17, 15) is 9.59 Å². The molecule has 1 N–H and O–H groups in total. The van der Waals surface area contributed by atoms with Crippen LogP contribution in [0.3, 0.4) is 0 Å². The quantitative estimate of drug-likeness (QED) is 0.374. The van der Waals surface area contributed by atoms with E-state index < -0.39 is 5.97 Å². The Labute approximate surface area is 96.3 Å². The minimum absolute atomic E-state index is 0.245. The predicted molar refractivity (Wildman–Crippen MR) is 61.1 cm³/mol. The maximum atomic E-state index is 11.0. The zero-order valence-electron chi connectivity index (χ0n) is 9.83. The maximum absolute atomic E-state index is 11.0. The highest BCUT2D eigenvalue weighted by atomic mass is 16.5. The minimum atomic E-state index is -0.737. The molecule has 4 nitrogen and oxygen atoms in total. The van der Waals surface area contributed by atoms with Gasteiger partial charge in [-0.1, -0.05) is 25.8 Å². The molecule has 0 rings (SSSR count). The van der Waals surface area contributed by atoms with E-state index in [0.717, 1.165) is 32.1 Å². The summed E-state index contributed by atoms with van der Waals surface area (Å²) in [6.45, 7) is 3.63. The zero-order valence-corrected chi connectivity index (χ0v) is 9.83. The summed E-state index contributed by atoms with van der Waals surface area (Å²) in [7, 11) is 1.35. The molecule has 4 heteroatoms. The molecular formula is C12H20O4. The van der Waals surface area contributed by atoms with Crippen molar-refractivity contribution in [1.29, 1.82) is 0 Å². The van der Waals surface area contributed by atoms with Gasteiger partial charge in [0.1, 0.15) is 0 Å². The van der Waals surface area contributed by atoms with Crippen LogP contribution in [0.5, 0.6) is 0 Å². The molecule has 0 saturated heterocycles. The third-order valence-corrected chi connectivity index (χ3v) is 2.34. The van der Waals surface area contributed by atoms with Crippen molar-refractivity contribution < 1.29 is 19.4 Å². The number of carbonyl (C=O) groups is 2. The number of carbonyl (C=O) groups excluding carboxylic acids is 1. The van der Waals surface area contributed by atoms with E-state index in [1.165, 1.54) is 7.11 Å². The summed E-state index contributed by atoms with van der Waals surface area (Å²) in [5.41, 5.74) is 0.507. The Morgan fingerprint density at radius 2 is 1.56 bits per heavy atom. The lowest BCUT2D eigenvalue weighted by molar-refractivity contribution is -0.137. The molecule has 0 bridgehead atoms. The summed E-state index contributed by atoms with van der Waals surface area (Å²) in [4.78, 5) is 21.2. The first-order valence-electron chi connectivity index (χ1n) is 5.55. The number of aliphatic carboxylic acids is 1. The highest BCUT2D eigenvalue weighted by Gasteiger charge is 2.05. The Kier molecular flexibility index (Phi) is 8.21. The smallest absolute Gasteiger partial charge is 0.333 e. The molecule has 92 valence electrons. The first kappa shape index (κ1) is 14.7. The second-order valence-electron chi connectivity index (χ2n) is 3.76. The zero-order chi connectivity index (χ0) is 12.4. The van der Waals surface area contributed by atoms with Crippen LogP contribution >= 0.6 is 0 Å². The number of unbranched alkanes of at least 4 members (excludes halogenated alkanes) is 4. The Bertz CT molecular complexity index is 245. The van der Waals surface area contributed by atoms with Gasteiger partial charge in [0.05, 0.1) is 7.11 Å². The third-order valence-electron chi connectivity index (χ3n) is 2.34. The normalized spacial score (nSPS) is 9.81. The SMILES string of the molecule is C=C(CCCCCCCC(=O)O)C(=O)OC. The van der Waals surface area contributed by atoms with Crippen molar-refractivity contribution in [2.45, 2.75) is 44.9 Å². The Morgan fingerprint density at radius 1 is 1.06 bits per heavy atom. The van der Waals surface area contributed by atoms with Crippen LogP contribution in [-0.2, 0) is 14.3 Å². The molecule has 0 fully saturated rings. The maximum Gasteiger partial charge on any atom is 0.333 e. The third kappa shape index (κ3) is 8.03. The molecule has 0 aromatic rings. The van der Waals surface area contributed by atoms with Gasteiger partial charge >= 0.3 is 11.9 Å². The lowest BCUT2D eigenvalue weighted by Gasteiger charge is -2.03. The number of carboxylic acids is 1. The topological polar surface area (TPSA) is 63.6 Å². The summed E-state index contributed by atoms with van der Waals surface area (Å²) in [5.74, 6) is -1.08. The number of rotatable bonds is 9. The largest absolute Gasteiger partial charge is 0.481 e. The van der Waals surface area contributed by atoms with E-state index >= 15 is 0 Å². The van der Waals surface area contributed by atoms with E-state index in [2.05, 4.69) is 11.3 Å². The fourth-order valence-corrected chi connectivity index (χ4v) is 1.39. The molecule has 0 aliphatic rings. The standard InChI is InChI=1S/C12H20O4/c1-10(12(15)16-2)8-6-4-3-5-7-9-11(13)14/h1,3-9H2,2H3,(H,13,14). The van der Waals surface area contributed by atoms with Gasteiger partial charge in [-0.05, 0) is 19.3 Å². The van der Waals surface area contributed by atoms with Gasteiger partial charge in [-0.25, -0.2) is 4.79 Å². The van der Waals surface area contributed by atoms with E-state index in [1.807, 2.05) is 0 Å². The molecule has 16 heavy (non-hydrogen) atoms. The number of carboxylic acid groups (broad SMARTS) is 1. The molecule has 0 aromatic carbocycles. The van der Waals surface area contributed by atoms with Crippen molar-refractivity contribution in [2.75, 3.05) is 7.11 Å². The fourth-order valence-electron chi connectivity index (χ4n) is 1.39. The Balaban J connectivity index is 3.30. The number of esters is 1. The first-order chi connectivity index (χ1) is 7.57. The monoisotopic (exact) mass is 228 g/mol. The number of hydrogen-bond acceptors (Lipinski definition) is 3. The Hall–Kier alpha value is -1.32. The second kappa shape index (κ2) is 8.95. The molecule has 0 heterocycles. The molecular weight excluding hydrogens is 208 g/mol. The summed E-state index contributed by atoms with van der Waals surface area (Å²) in [6.07, 6.45) is 5.46. The van der Waals surface area contributed by atoms with Crippen molar-refractivity contribution in [1.82, 2.24) is 0 Å². The van der Waals surface area contributed by atoms with E-state index in [1.54, 1.807) is 0 Å². The molecule has 0 amide bonds. The van der Waals surface area contributed by atoms with Crippen molar-refractivity contribution in [3.05, 3.63) is 12.2 Å². The van der Waals surface area contributed by atoms with Gasteiger partial charge in [0.25, 0.3) is 0 Å². The summed E-state index contributed by atoms with van der Waals surface area (Å²) in [6, 6.07) is 0. The average molecular weight is 228 g/mol. The molecule has 0 radical (unpaired) electrons. The van der Waals surface area contributed by atoms with Crippen molar-refractivity contribution in [3.8, 4) is 0 Å².